The van der Waals surface area contributed by atoms with Crippen LogP contribution in [0.3, 0.4) is 0 Å². The Labute approximate surface area is 57.7 Å². The van der Waals surface area contributed by atoms with E-state index in [1.54, 1.807) is 0 Å². The fourth-order valence-corrected chi connectivity index (χ4v) is 1.76. The highest BCUT2D eigenvalue weighted by atomic mass is 32.2. The minimum Gasteiger partial charge on any atom is -0.396 e. The zero-order valence-electron chi connectivity index (χ0n) is 4.95. The predicted molar refractivity (Wildman–Crippen MR) is 34.8 cm³/mol. The molecule has 0 saturated carbocycles. The van der Waals surface area contributed by atoms with Crippen molar-refractivity contribution in [2.75, 3.05) is 12.4 Å². The van der Waals surface area contributed by atoms with E-state index in [0.717, 1.165) is 17.5 Å². The maximum Gasteiger partial charge on any atom is 0.216 e. The van der Waals surface area contributed by atoms with E-state index in [-0.39, 0.29) is 12.5 Å². The van der Waals surface area contributed by atoms with Gasteiger partial charge in [-0.15, -0.1) is 0 Å². The molecule has 0 aromatic rings. The maximum atomic E-state index is 8.91. The van der Waals surface area contributed by atoms with Crippen LogP contribution in [0.1, 0.15) is 6.42 Å². The summed E-state index contributed by atoms with van der Waals surface area (Å²) < 4.78 is 0. The molecule has 1 aliphatic heterocycles. The van der Waals surface area contributed by atoms with Crippen molar-refractivity contribution >= 4 is 11.8 Å². The molecular weight excluding hydrogens is 140 g/mol. The minimum atomic E-state index is -1.55. The largest absolute Gasteiger partial charge is 0.396 e. The van der Waals surface area contributed by atoms with Crippen LogP contribution in [0.5, 0.6) is 0 Å². The predicted octanol–water partition coefficient (Wildman–Crippen LogP) is -0.630. The highest BCUT2D eigenvalue weighted by Gasteiger charge is 2.43. The minimum absolute atomic E-state index is 0.0358. The molecule has 3 nitrogen and oxygen atoms in total. The van der Waals surface area contributed by atoms with E-state index in [1.165, 1.54) is 0 Å². The molecule has 0 spiro atoms. The van der Waals surface area contributed by atoms with Gasteiger partial charge in [0.2, 0.25) is 5.12 Å². The third-order valence-electron chi connectivity index (χ3n) is 1.51. The highest BCUT2D eigenvalue weighted by molar-refractivity contribution is 8.01. The number of hydrogen-bond donors (Lipinski definition) is 3. The Hall–Kier alpha value is 0.230. The topological polar surface area (TPSA) is 60.7 Å². The Bertz CT molecular complexity index is 104. The Morgan fingerprint density at radius 3 is 2.33 bits per heavy atom. The molecule has 4 heteroatoms. The standard InChI is InChI=1S/C5H10O3S/c6-2-1-4-3-9-5(4,7)8/h4,6-8H,1-3H2. The van der Waals surface area contributed by atoms with E-state index >= 15 is 0 Å². The molecule has 1 unspecified atom stereocenters. The van der Waals surface area contributed by atoms with E-state index < -0.39 is 5.12 Å². The first-order chi connectivity index (χ1) is 4.17. The number of rotatable bonds is 2. The first-order valence-electron chi connectivity index (χ1n) is 2.86. The summed E-state index contributed by atoms with van der Waals surface area (Å²) in [6.07, 6.45) is 0.486. The van der Waals surface area contributed by atoms with Gasteiger partial charge in [-0.2, -0.15) is 0 Å². The van der Waals surface area contributed by atoms with Crippen molar-refractivity contribution < 1.29 is 15.3 Å². The molecule has 54 valence electrons. The summed E-state index contributed by atoms with van der Waals surface area (Å²) in [4.78, 5) is 0. The molecule has 1 atom stereocenters. The lowest BCUT2D eigenvalue weighted by molar-refractivity contribution is -0.131. The molecule has 1 heterocycles. The molecule has 1 fully saturated rings. The van der Waals surface area contributed by atoms with Crippen LogP contribution in [0.2, 0.25) is 0 Å². The lowest BCUT2D eigenvalue weighted by Gasteiger charge is -2.39. The van der Waals surface area contributed by atoms with Crippen molar-refractivity contribution in [1.29, 1.82) is 0 Å². The van der Waals surface area contributed by atoms with Gasteiger partial charge in [-0.25, -0.2) is 0 Å². The molecule has 1 saturated heterocycles. The molecule has 1 aliphatic rings. The summed E-state index contributed by atoms with van der Waals surface area (Å²) in [5.74, 6) is 0.612. The molecular formula is C5H10O3S. The van der Waals surface area contributed by atoms with E-state index in [1.807, 2.05) is 0 Å². The normalized spacial score (nSPS) is 31.7. The van der Waals surface area contributed by atoms with Crippen molar-refractivity contribution in [3.63, 3.8) is 0 Å². The summed E-state index contributed by atoms with van der Waals surface area (Å²) in [6, 6.07) is 0. The fraction of sp³-hybridized carbons (Fsp3) is 1.00. The van der Waals surface area contributed by atoms with Crippen LogP contribution < -0.4 is 0 Å². The molecule has 9 heavy (non-hydrogen) atoms. The fourth-order valence-electron chi connectivity index (χ4n) is 0.777. The molecule has 0 aromatic carbocycles. The smallest absolute Gasteiger partial charge is 0.216 e. The zero-order chi connectivity index (χ0) is 6.91. The lowest BCUT2D eigenvalue weighted by Crippen LogP contribution is -2.45. The van der Waals surface area contributed by atoms with E-state index in [4.69, 9.17) is 15.3 Å². The van der Waals surface area contributed by atoms with Gasteiger partial charge in [0.1, 0.15) is 0 Å². The molecule has 0 aliphatic carbocycles. The molecule has 0 aromatic heterocycles. The van der Waals surface area contributed by atoms with Gasteiger partial charge in [-0.3, -0.25) is 0 Å². The van der Waals surface area contributed by atoms with Crippen LogP contribution in [0.25, 0.3) is 0 Å². The van der Waals surface area contributed by atoms with Gasteiger partial charge in [0.15, 0.2) is 0 Å². The average molecular weight is 150 g/mol. The first kappa shape index (κ1) is 7.34. The third kappa shape index (κ3) is 1.38. The van der Waals surface area contributed by atoms with Crippen LogP contribution in [-0.4, -0.2) is 32.8 Å². The van der Waals surface area contributed by atoms with Gasteiger partial charge in [-0.1, -0.05) is 11.8 Å². The van der Waals surface area contributed by atoms with Crippen molar-refractivity contribution in [3.8, 4) is 0 Å². The van der Waals surface area contributed by atoms with Gasteiger partial charge < -0.3 is 15.3 Å². The third-order valence-corrected chi connectivity index (χ3v) is 2.83. The quantitative estimate of drug-likeness (QED) is 0.459. The summed E-state index contributed by atoms with van der Waals surface area (Å²) in [7, 11) is 0. The Kier molecular flexibility index (Phi) is 2.00. The van der Waals surface area contributed by atoms with E-state index in [0.29, 0.717) is 6.42 Å². The summed E-state index contributed by atoms with van der Waals surface area (Å²) in [5.41, 5.74) is 0. The number of thioether (sulfide) groups is 1. The zero-order valence-corrected chi connectivity index (χ0v) is 5.77. The van der Waals surface area contributed by atoms with Crippen LogP contribution in [0.4, 0.5) is 0 Å². The first-order valence-corrected chi connectivity index (χ1v) is 3.85. The molecule has 1 rings (SSSR count). The monoisotopic (exact) mass is 150 g/mol. The Morgan fingerprint density at radius 2 is 2.22 bits per heavy atom. The summed E-state index contributed by atoms with van der Waals surface area (Å²) in [6.45, 7) is 0.0358. The molecule has 3 N–H and O–H groups in total. The summed E-state index contributed by atoms with van der Waals surface area (Å²) >= 11 is 1.11. The lowest BCUT2D eigenvalue weighted by atomic mass is 10.1. The molecule has 0 amide bonds. The summed E-state index contributed by atoms with van der Waals surface area (Å²) in [5, 5.41) is 24.7. The van der Waals surface area contributed by atoms with Crippen LogP contribution >= 0.6 is 11.8 Å². The maximum absolute atomic E-state index is 8.91. The number of hydrogen-bond acceptors (Lipinski definition) is 4. The van der Waals surface area contributed by atoms with Gasteiger partial charge >= 0.3 is 0 Å². The highest BCUT2D eigenvalue weighted by Crippen LogP contribution is 2.42. The van der Waals surface area contributed by atoms with Crippen molar-refractivity contribution in [2.24, 2.45) is 5.92 Å². The van der Waals surface area contributed by atoms with Gasteiger partial charge in [-0.05, 0) is 6.42 Å². The SMILES string of the molecule is OCCC1CSC1(O)O. The second-order valence-electron chi connectivity index (χ2n) is 2.18. The van der Waals surface area contributed by atoms with Crippen molar-refractivity contribution in [1.82, 2.24) is 0 Å². The van der Waals surface area contributed by atoms with Gasteiger partial charge in [0.25, 0.3) is 0 Å². The van der Waals surface area contributed by atoms with E-state index in [2.05, 4.69) is 0 Å². The van der Waals surface area contributed by atoms with Gasteiger partial charge in [0, 0.05) is 18.3 Å². The van der Waals surface area contributed by atoms with Crippen molar-refractivity contribution in [2.45, 2.75) is 11.5 Å². The van der Waals surface area contributed by atoms with Gasteiger partial charge in [0.05, 0.1) is 0 Å². The molecule has 0 bridgehead atoms. The Morgan fingerprint density at radius 1 is 1.56 bits per heavy atom. The van der Waals surface area contributed by atoms with E-state index in [9.17, 15) is 0 Å². The van der Waals surface area contributed by atoms with Crippen molar-refractivity contribution in [3.05, 3.63) is 0 Å². The van der Waals surface area contributed by atoms with Crippen LogP contribution in [-0.2, 0) is 0 Å². The molecule has 0 radical (unpaired) electrons. The van der Waals surface area contributed by atoms with Crippen LogP contribution in [0.15, 0.2) is 0 Å². The van der Waals surface area contributed by atoms with Crippen LogP contribution in [0, 0.1) is 5.92 Å². The Balaban J connectivity index is 2.28. The number of aliphatic hydroxyl groups excluding tert-OH is 1. The second kappa shape index (κ2) is 2.46. The number of aliphatic hydroxyl groups is 3. The average Bonchev–Trinajstić information content (AvgIpc) is 1.81. The second-order valence-corrected chi connectivity index (χ2v) is 3.40.